The van der Waals surface area contributed by atoms with Crippen molar-refractivity contribution in [3.8, 4) is 0 Å². The number of hydrogen-bond donors (Lipinski definition) is 1. The predicted octanol–water partition coefficient (Wildman–Crippen LogP) is 2.33. The van der Waals surface area contributed by atoms with E-state index < -0.39 is 12.1 Å². The summed E-state index contributed by atoms with van der Waals surface area (Å²) in [5.41, 5.74) is 0. The van der Waals surface area contributed by atoms with Gasteiger partial charge in [0.15, 0.2) is 0 Å². The molecule has 0 aromatic carbocycles. The summed E-state index contributed by atoms with van der Waals surface area (Å²) in [5.74, 6) is -1.11. The van der Waals surface area contributed by atoms with Gasteiger partial charge < -0.3 is 10.2 Å². The lowest BCUT2D eigenvalue weighted by atomic mass is 9.85. The molecule has 3 atom stereocenters. The van der Waals surface area contributed by atoms with Crippen molar-refractivity contribution in [3.63, 3.8) is 0 Å². The first-order chi connectivity index (χ1) is 9.86. The van der Waals surface area contributed by atoms with E-state index in [4.69, 9.17) is 0 Å². The van der Waals surface area contributed by atoms with E-state index in [1.54, 1.807) is 0 Å². The van der Waals surface area contributed by atoms with Crippen molar-refractivity contribution in [2.45, 2.75) is 50.9 Å². The second kappa shape index (κ2) is 7.29. The van der Waals surface area contributed by atoms with E-state index in [2.05, 4.69) is 29.1 Å². The Hall–Kier alpha value is -0.330. The number of piperazine rings is 1. The Morgan fingerprint density at radius 1 is 1.14 bits per heavy atom. The molecule has 2 aliphatic rings. The first-order valence-electron chi connectivity index (χ1n) is 8.09. The molecule has 0 aromatic heterocycles. The summed E-state index contributed by atoms with van der Waals surface area (Å²) in [6.07, 6.45) is -1.91. The third kappa shape index (κ3) is 5.11. The van der Waals surface area contributed by atoms with Crippen LogP contribution in [0.5, 0.6) is 0 Å². The van der Waals surface area contributed by atoms with Crippen LogP contribution < -0.4 is 5.32 Å². The van der Waals surface area contributed by atoms with Crippen LogP contribution in [0.2, 0.25) is 0 Å². The van der Waals surface area contributed by atoms with Crippen molar-refractivity contribution in [1.82, 2.24) is 15.1 Å². The zero-order valence-electron chi connectivity index (χ0n) is 13.1. The SMILES string of the molecule is CC(CNC1CCCC(C(F)(F)F)C1)N1CCN(C)CC1. The Labute approximate surface area is 125 Å². The molecule has 3 unspecified atom stereocenters. The smallest absolute Gasteiger partial charge is 0.312 e. The Kier molecular flexibility index (Phi) is 5.91. The molecule has 124 valence electrons. The minimum Gasteiger partial charge on any atom is -0.312 e. The fraction of sp³-hybridized carbons (Fsp3) is 1.00. The quantitative estimate of drug-likeness (QED) is 0.860. The second-order valence-corrected chi connectivity index (χ2v) is 6.70. The van der Waals surface area contributed by atoms with Gasteiger partial charge in [0.05, 0.1) is 5.92 Å². The number of alkyl halides is 3. The van der Waals surface area contributed by atoms with Gasteiger partial charge in [-0.05, 0) is 33.2 Å². The standard InChI is InChI=1S/C15H28F3N3/c1-12(21-8-6-20(2)7-9-21)11-19-14-5-3-4-13(10-14)15(16,17)18/h12-14,19H,3-11H2,1-2H3. The summed E-state index contributed by atoms with van der Waals surface area (Å²) < 4.78 is 38.4. The molecular weight excluding hydrogens is 279 g/mol. The lowest BCUT2D eigenvalue weighted by molar-refractivity contribution is -0.183. The van der Waals surface area contributed by atoms with E-state index in [0.29, 0.717) is 18.9 Å². The van der Waals surface area contributed by atoms with Crippen molar-refractivity contribution in [2.75, 3.05) is 39.8 Å². The van der Waals surface area contributed by atoms with Gasteiger partial charge in [0.2, 0.25) is 0 Å². The average Bonchev–Trinajstić information content (AvgIpc) is 2.45. The Balaban J connectivity index is 1.72. The van der Waals surface area contributed by atoms with Crippen LogP contribution in [-0.2, 0) is 0 Å². The fourth-order valence-electron chi connectivity index (χ4n) is 3.40. The highest BCUT2D eigenvalue weighted by atomic mass is 19.4. The number of hydrogen-bond acceptors (Lipinski definition) is 3. The Bertz CT molecular complexity index is 314. The maximum Gasteiger partial charge on any atom is 0.391 e. The molecule has 2 fully saturated rings. The number of nitrogens with one attached hydrogen (secondary N) is 1. The van der Waals surface area contributed by atoms with Gasteiger partial charge in [0.25, 0.3) is 0 Å². The van der Waals surface area contributed by atoms with Crippen LogP contribution in [0.4, 0.5) is 13.2 Å². The van der Waals surface area contributed by atoms with E-state index in [-0.39, 0.29) is 12.5 Å². The largest absolute Gasteiger partial charge is 0.391 e. The minimum atomic E-state index is -4.02. The normalized spacial score (nSPS) is 31.3. The summed E-state index contributed by atoms with van der Waals surface area (Å²) in [4.78, 5) is 4.74. The van der Waals surface area contributed by atoms with Gasteiger partial charge in [-0.2, -0.15) is 13.2 Å². The molecule has 6 heteroatoms. The van der Waals surface area contributed by atoms with Gasteiger partial charge in [-0.3, -0.25) is 4.90 Å². The van der Waals surface area contributed by atoms with Gasteiger partial charge in [-0.1, -0.05) is 6.42 Å². The molecule has 1 aliphatic heterocycles. The third-order valence-electron chi connectivity index (χ3n) is 5.00. The van der Waals surface area contributed by atoms with E-state index >= 15 is 0 Å². The van der Waals surface area contributed by atoms with E-state index in [1.807, 2.05) is 0 Å². The van der Waals surface area contributed by atoms with Crippen molar-refractivity contribution in [1.29, 1.82) is 0 Å². The highest BCUT2D eigenvalue weighted by molar-refractivity contribution is 4.84. The predicted molar refractivity (Wildman–Crippen MR) is 78.3 cm³/mol. The summed E-state index contributed by atoms with van der Waals surface area (Å²) in [5, 5.41) is 3.38. The van der Waals surface area contributed by atoms with Crippen molar-refractivity contribution in [3.05, 3.63) is 0 Å². The van der Waals surface area contributed by atoms with Crippen molar-refractivity contribution >= 4 is 0 Å². The summed E-state index contributed by atoms with van der Waals surface area (Å²) >= 11 is 0. The zero-order valence-corrected chi connectivity index (χ0v) is 13.1. The monoisotopic (exact) mass is 307 g/mol. The van der Waals surface area contributed by atoms with Gasteiger partial charge >= 0.3 is 6.18 Å². The van der Waals surface area contributed by atoms with Crippen LogP contribution in [-0.4, -0.2) is 67.8 Å². The summed E-state index contributed by atoms with van der Waals surface area (Å²) in [7, 11) is 2.12. The molecule has 0 spiro atoms. The van der Waals surface area contributed by atoms with Crippen molar-refractivity contribution in [2.24, 2.45) is 5.92 Å². The van der Waals surface area contributed by atoms with Gasteiger partial charge in [-0.25, -0.2) is 0 Å². The number of likely N-dealkylation sites (N-methyl/N-ethyl adjacent to an activating group) is 1. The molecule has 0 bridgehead atoms. The highest BCUT2D eigenvalue weighted by Crippen LogP contribution is 2.37. The number of halogens is 3. The molecule has 3 nitrogen and oxygen atoms in total. The van der Waals surface area contributed by atoms with Gasteiger partial charge in [-0.15, -0.1) is 0 Å². The molecule has 0 aromatic rings. The van der Waals surface area contributed by atoms with E-state index in [1.165, 1.54) is 0 Å². The van der Waals surface area contributed by atoms with Crippen LogP contribution in [0.1, 0.15) is 32.6 Å². The molecule has 0 amide bonds. The van der Waals surface area contributed by atoms with E-state index in [0.717, 1.165) is 39.1 Å². The maximum absolute atomic E-state index is 12.8. The van der Waals surface area contributed by atoms with Crippen molar-refractivity contribution < 1.29 is 13.2 Å². The topological polar surface area (TPSA) is 18.5 Å². The molecule has 1 aliphatic carbocycles. The first kappa shape index (κ1) is 17.0. The van der Waals surface area contributed by atoms with Crippen LogP contribution in [0.15, 0.2) is 0 Å². The molecule has 1 N–H and O–H groups in total. The third-order valence-corrected chi connectivity index (χ3v) is 5.00. The molecule has 1 heterocycles. The second-order valence-electron chi connectivity index (χ2n) is 6.70. The van der Waals surface area contributed by atoms with Crippen LogP contribution in [0.3, 0.4) is 0 Å². The lowest BCUT2D eigenvalue weighted by Gasteiger charge is -2.38. The zero-order chi connectivity index (χ0) is 15.5. The van der Waals surface area contributed by atoms with Gasteiger partial charge in [0.1, 0.15) is 0 Å². The maximum atomic E-state index is 12.8. The average molecular weight is 307 g/mol. The number of rotatable bonds is 4. The molecule has 21 heavy (non-hydrogen) atoms. The first-order valence-corrected chi connectivity index (χ1v) is 8.09. The number of nitrogens with zero attached hydrogens (tertiary/aromatic N) is 2. The Morgan fingerprint density at radius 3 is 2.43 bits per heavy atom. The molecule has 1 saturated heterocycles. The molecular formula is C15H28F3N3. The van der Waals surface area contributed by atoms with Crippen LogP contribution in [0.25, 0.3) is 0 Å². The molecule has 2 rings (SSSR count). The molecule has 1 saturated carbocycles. The fourth-order valence-corrected chi connectivity index (χ4v) is 3.40. The van der Waals surface area contributed by atoms with Crippen LogP contribution in [0, 0.1) is 5.92 Å². The minimum absolute atomic E-state index is 0.0280. The highest BCUT2D eigenvalue weighted by Gasteiger charge is 2.42. The Morgan fingerprint density at radius 2 is 1.81 bits per heavy atom. The van der Waals surface area contributed by atoms with E-state index in [9.17, 15) is 13.2 Å². The van der Waals surface area contributed by atoms with Gasteiger partial charge in [0, 0.05) is 44.8 Å². The summed E-state index contributed by atoms with van der Waals surface area (Å²) in [6.45, 7) is 7.21. The summed E-state index contributed by atoms with van der Waals surface area (Å²) in [6, 6.07) is 0.422. The van der Waals surface area contributed by atoms with Crippen LogP contribution >= 0.6 is 0 Å². The molecule has 0 radical (unpaired) electrons. The lowest BCUT2D eigenvalue weighted by Crippen LogP contribution is -2.52.